The van der Waals surface area contributed by atoms with Gasteiger partial charge in [0.2, 0.25) is 11.8 Å². The first-order valence-electron chi connectivity index (χ1n) is 9.77. The van der Waals surface area contributed by atoms with E-state index >= 15 is 0 Å². The average molecular weight is 391 g/mol. The summed E-state index contributed by atoms with van der Waals surface area (Å²) >= 11 is 6.24. The van der Waals surface area contributed by atoms with Crippen LogP contribution in [0.2, 0.25) is 5.02 Å². The zero-order valence-corrected chi connectivity index (χ0v) is 16.7. The summed E-state index contributed by atoms with van der Waals surface area (Å²) in [5.41, 5.74) is 2.02. The summed E-state index contributed by atoms with van der Waals surface area (Å²) in [4.78, 5) is 8.76. The van der Waals surface area contributed by atoms with Gasteiger partial charge in [-0.3, -0.25) is 4.68 Å². The quantitative estimate of drug-likeness (QED) is 0.747. The van der Waals surface area contributed by atoms with Crippen LogP contribution >= 0.6 is 11.6 Å². The van der Waals surface area contributed by atoms with Gasteiger partial charge in [0.05, 0.1) is 36.4 Å². The van der Waals surface area contributed by atoms with Gasteiger partial charge in [-0.05, 0) is 58.4 Å². The number of rotatable bonds is 7. The lowest BCUT2D eigenvalue weighted by molar-refractivity contribution is 0.241. The molecule has 0 aromatic carbocycles. The Hall–Kier alpha value is -1.86. The van der Waals surface area contributed by atoms with Crippen LogP contribution in [0, 0.1) is 12.8 Å². The van der Waals surface area contributed by atoms with Gasteiger partial charge < -0.3 is 15.4 Å². The average Bonchev–Trinajstić information content (AvgIpc) is 3.22. The van der Waals surface area contributed by atoms with Crippen LogP contribution in [0.4, 0.5) is 11.6 Å². The summed E-state index contributed by atoms with van der Waals surface area (Å²) in [5.74, 6) is 1.45. The molecule has 0 saturated heterocycles. The zero-order chi connectivity index (χ0) is 18.8. The molecule has 2 fully saturated rings. The van der Waals surface area contributed by atoms with Gasteiger partial charge in [-0.2, -0.15) is 10.1 Å². The highest BCUT2D eigenvalue weighted by molar-refractivity contribution is 6.31. The van der Waals surface area contributed by atoms with Gasteiger partial charge in [0, 0.05) is 6.04 Å². The highest BCUT2D eigenvalue weighted by Crippen LogP contribution is 2.34. The summed E-state index contributed by atoms with van der Waals surface area (Å²) < 4.78 is 8.02. The maximum Gasteiger partial charge on any atom is 0.237 e. The third-order valence-electron chi connectivity index (χ3n) is 5.83. The second-order valence-corrected chi connectivity index (χ2v) is 8.03. The van der Waals surface area contributed by atoms with Crippen LogP contribution < -0.4 is 15.4 Å². The van der Waals surface area contributed by atoms with Crippen LogP contribution in [-0.2, 0) is 0 Å². The van der Waals surface area contributed by atoms with Crippen molar-refractivity contribution in [2.24, 2.45) is 5.92 Å². The van der Waals surface area contributed by atoms with Crippen molar-refractivity contribution in [2.75, 3.05) is 19.0 Å². The molecule has 2 heterocycles. The summed E-state index contributed by atoms with van der Waals surface area (Å²) in [6, 6.07) is 1.12. The molecule has 2 N–H and O–H groups in total. The van der Waals surface area contributed by atoms with Crippen molar-refractivity contribution in [1.82, 2.24) is 25.1 Å². The molecule has 2 aromatic rings. The van der Waals surface area contributed by atoms with Gasteiger partial charge in [-0.25, -0.2) is 4.98 Å². The van der Waals surface area contributed by atoms with Gasteiger partial charge in [0.1, 0.15) is 5.02 Å². The lowest BCUT2D eigenvalue weighted by Gasteiger charge is -2.26. The maximum absolute atomic E-state index is 6.24. The Balaban J connectivity index is 1.41. The number of halogens is 1. The minimum atomic E-state index is 0.436. The standard InChI is InChI=1S/C19H27ClN6O/c1-12-17(10-23-26(12)15-4-3-5-15)24-19-22-9-16(20)18(25-19)27-11-13-6-7-14(8-13)21-2/h9-10,13-15,21H,3-8,11H2,1-2H3,(H,22,24,25)/t13-,14+/m1/s1. The van der Waals surface area contributed by atoms with Crippen molar-refractivity contribution in [3.05, 3.63) is 23.1 Å². The number of anilines is 2. The highest BCUT2D eigenvalue weighted by atomic mass is 35.5. The number of hydrogen-bond acceptors (Lipinski definition) is 6. The molecule has 0 radical (unpaired) electrons. The summed E-state index contributed by atoms with van der Waals surface area (Å²) in [6.07, 6.45) is 10.6. The van der Waals surface area contributed by atoms with Gasteiger partial charge in [0.15, 0.2) is 0 Å². The predicted octanol–water partition coefficient (Wildman–Crippen LogP) is 3.87. The van der Waals surface area contributed by atoms with E-state index in [1.165, 1.54) is 32.1 Å². The molecule has 8 heteroatoms. The monoisotopic (exact) mass is 390 g/mol. The van der Waals surface area contributed by atoms with Crippen molar-refractivity contribution in [1.29, 1.82) is 0 Å². The first-order valence-corrected chi connectivity index (χ1v) is 10.2. The molecule has 2 saturated carbocycles. The molecule has 2 aromatic heterocycles. The van der Waals surface area contributed by atoms with Gasteiger partial charge in [-0.1, -0.05) is 11.6 Å². The van der Waals surface area contributed by atoms with E-state index in [4.69, 9.17) is 16.3 Å². The summed E-state index contributed by atoms with van der Waals surface area (Å²) in [7, 11) is 2.02. The first kappa shape index (κ1) is 18.5. The Labute approximate surface area is 164 Å². The van der Waals surface area contributed by atoms with E-state index in [0.717, 1.165) is 17.8 Å². The minimum absolute atomic E-state index is 0.436. The van der Waals surface area contributed by atoms with E-state index in [9.17, 15) is 0 Å². The van der Waals surface area contributed by atoms with Crippen LogP contribution in [0.15, 0.2) is 12.4 Å². The van der Waals surface area contributed by atoms with E-state index < -0.39 is 0 Å². The fraction of sp³-hybridized carbons (Fsp3) is 0.632. The van der Waals surface area contributed by atoms with Crippen molar-refractivity contribution in [3.8, 4) is 5.88 Å². The van der Waals surface area contributed by atoms with Crippen molar-refractivity contribution in [2.45, 2.75) is 57.5 Å². The highest BCUT2D eigenvalue weighted by Gasteiger charge is 2.25. The largest absolute Gasteiger partial charge is 0.476 e. The molecule has 0 spiro atoms. The van der Waals surface area contributed by atoms with E-state index in [-0.39, 0.29) is 0 Å². The van der Waals surface area contributed by atoms with Crippen LogP contribution in [0.1, 0.15) is 50.3 Å². The molecule has 0 bridgehead atoms. The van der Waals surface area contributed by atoms with Crippen molar-refractivity contribution >= 4 is 23.2 Å². The van der Waals surface area contributed by atoms with E-state index in [0.29, 0.717) is 41.5 Å². The van der Waals surface area contributed by atoms with E-state index in [2.05, 4.69) is 37.3 Å². The molecule has 0 amide bonds. The zero-order valence-electron chi connectivity index (χ0n) is 15.9. The minimum Gasteiger partial charge on any atom is -0.476 e. The second-order valence-electron chi connectivity index (χ2n) is 7.62. The smallest absolute Gasteiger partial charge is 0.237 e. The molecule has 2 aliphatic carbocycles. The number of nitrogens with one attached hydrogen (secondary N) is 2. The summed E-state index contributed by atoms with van der Waals surface area (Å²) in [5, 5.41) is 11.5. The Kier molecular flexibility index (Phi) is 5.50. The third-order valence-corrected chi connectivity index (χ3v) is 6.09. The lowest BCUT2D eigenvalue weighted by Crippen LogP contribution is -2.22. The SMILES string of the molecule is CN[C@H]1CC[C@@H](COc2nc(Nc3cnn(C4CCC4)c3C)ncc2Cl)C1. The molecule has 2 aliphatic rings. The molecule has 7 nitrogen and oxygen atoms in total. The topological polar surface area (TPSA) is 76.9 Å². The van der Waals surface area contributed by atoms with Crippen LogP contribution in [0.3, 0.4) is 0 Å². The first-order chi connectivity index (χ1) is 13.1. The molecule has 0 unspecified atom stereocenters. The Morgan fingerprint density at radius 2 is 2.11 bits per heavy atom. The van der Waals surface area contributed by atoms with Crippen molar-refractivity contribution < 1.29 is 4.74 Å². The third kappa shape index (κ3) is 4.04. The van der Waals surface area contributed by atoms with E-state index in [1.54, 1.807) is 6.20 Å². The number of nitrogens with zero attached hydrogens (tertiary/aromatic N) is 4. The van der Waals surface area contributed by atoms with E-state index in [1.807, 2.05) is 13.2 Å². The Morgan fingerprint density at radius 1 is 1.26 bits per heavy atom. The van der Waals surface area contributed by atoms with Crippen LogP contribution in [-0.4, -0.2) is 39.4 Å². The molecule has 2 atom stereocenters. The predicted molar refractivity (Wildman–Crippen MR) is 106 cm³/mol. The fourth-order valence-electron chi connectivity index (χ4n) is 3.86. The fourth-order valence-corrected chi connectivity index (χ4v) is 4.01. The maximum atomic E-state index is 6.24. The number of aromatic nitrogens is 4. The molecular weight excluding hydrogens is 364 g/mol. The van der Waals surface area contributed by atoms with Crippen molar-refractivity contribution in [3.63, 3.8) is 0 Å². The van der Waals surface area contributed by atoms with Gasteiger partial charge in [-0.15, -0.1) is 0 Å². The van der Waals surface area contributed by atoms with Crippen LogP contribution in [0.25, 0.3) is 0 Å². The molecule has 4 rings (SSSR count). The number of hydrogen-bond donors (Lipinski definition) is 2. The molecular formula is C19H27ClN6O. The normalized spacial score (nSPS) is 22.6. The Bertz CT molecular complexity index is 791. The number of ether oxygens (including phenoxy) is 1. The molecule has 0 aliphatic heterocycles. The Morgan fingerprint density at radius 3 is 2.81 bits per heavy atom. The summed E-state index contributed by atoms with van der Waals surface area (Å²) in [6.45, 7) is 2.70. The lowest BCUT2D eigenvalue weighted by atomic mass is 9.93. The molecule has 146 valence electrons. The van der Waals surface area contributed by atoms with Gasteiger partial charge >= 0.3 is 0 Å². The van der Waals surface area contributed by atoms with Crippen LogP contribution in [0.5, 0.6) is 5.88 Å². The van der Waals surface area contributed by atoms with Gasteiger partial charge in [0.25, 0.3) is 0 Å². The molecule has 27 heavy (non-hydrogen) atoms. The second kappa shape index (κ2) is 8.02.